The summed E-state index contributed by atoms with van der Waals surface area (Å²) < 4.78 is 7.06. The first kappa shape index (κ1) is 17.9. The van der Waals surface area contributed by atoms with E-state index in [-0.39, 0.29) is 18.2 Å². The molecule has 3 rings (SSSR count). The highest BCUT2D eigenvalue weighted by Gasteiger charge is 2.17. The molecule has 2 aromatic heterocycles. The number of thiazole rings is 1. The lowest BCUT2D eigenvalue weighted by Gasteiger charge is -2.18. The van der Waals surface area contributed by atoms with Gasteiger partial charge in [0, 0.05) is 24.7 Å². The van der Waals surface area contributed by atoms with Gasteiger partial charge in [0.2, 0.25) is 11.8 Å². The van der Waals surface area contributed by atoms with E-state index in [1.807, 2.05) is 34.3 Å². The zero-order valence-electron chi connectivity index (χ0n) is 14.6. The SMILES string of the molecule is COc1ccc(C(CC(=O)NCc2cn3ccsc3n2)NC(C)=O)cc1. The lowest BCUT2D eigenvalue weighted by molar-refractivity contribution is -0.122. The molecule has 1 aromatic carbocycles. The van der Waals surface area contributed by atoms with E-state index in [0.29, 0.717) is 6.54 Å². The summed E-state index contributed by atoms with van der Waals surface area (Å²) in [6.45, 7) is 1.79. The number of fused-ring (bicyclic) bond motifs is 1. The average molecular weight is 372 g/mol. The first-order valence-electron chi connectivity index (χ1n) is 8.14. The fourth-order valence-electron chi connectivity index (χ4n) is 2.64. The largest absolute Gasteiger partial charge is 0.497 e. The van der Waals surface area contributed by atoms with Crippen LogP contribution in [-0.4, -0.2) is 28.3 Å². The van der Waals surface area contributed by atoms with E-state index in [1.54, 1.807) is 30.6 Å². The maximum absolute atomic E-state index is 12.3. The van der Waals surface area contributed by atoms with E-state index in [0.717, 1.165) is 22.0 Å². The molecule has 0 radical (unpaired) electrons. The van der Waals surface area contributed by atoms with Crippen LogP contribution in [0.4, 0.5) is 0 Å². The summed E-state index contributed by atoms with van der Waals surface area (Å²) in [5, 5.41) is 7.64. The minimum Gasteiger partial charge on any atom is -0.497 e. The van der Waals surface area contributed by atoms with E-state index < -0.39 is 6.04 Å². The van der Waals surface area contributed by atoms with Crippen molar-refractivity contribution >= 4 is 28.1 Å². The van der Waals surface area contributed by atoms with Crippen LogP contribution in [0, 0.1) is 0 Å². The number of hydrogen-bond acceptors (Lipinski definition) is 5. The Hall–Kier alpha value is -2.87. The van der Waals surface area contributed by atoms with Gasteiger partial charge < -0.3 is 15.4 Å². The molecular weight excluding hydrogens is 352 g/mol. The molecule has 26 heavy (non-hydrogen) atoms. The molecule has 0 saturated heterocycles. The van der Waals surface area contributed by atoms with Crippen LogP contribution >= 0.6 is 11.3 Å². The molecule has 0 aliphatic rings. The third kappa shape index (κ3) is 4.40. The molecule has 1 atom stereocenters. The number of methoxy groups -OCH3 is 1. The maximum Gasteiger partial charge on any atom is 0.222 e. The van der Waals surface area contributed by atoms with Crippen LogP contribution in [0.1, 0.15) is 30.6 Å². The third-order valence-electron chi connectivity index (χ3n) is 3.90. The Bertz CT molecular complexity index is 872. The van der Waals surface area contributed by atoms with Crippen LogP contribution in [0.2, 0.25) is 0 Å². The summed E-state index contributed by atoms with van der Waals surface area (Å²) in [5.41, 5.74) is 1.64. The van der Waals surface area contributed by atoms with Gasteiger partial charge >= 0.3 is 0 Å². The van der Waals surface area contributed by atoms with Crippen molar-refractivity contribution in [3.8, 4) is 5.75 Å². The topological polar surface area (TPSA) is 84.7 Å². The smallest absolute Gasteiger partial charge is 0.222 e. The van der Waals surface area contributed by atoms with Gasteiger partial charge in [-0.2, -0.15) is 0 Å². The molecule has 7 nitrogen and oxygen atoms in total. The molecule has 0 spiro atoms. The molecule has 1 unspecified atom stereocenters. The van der Waals surface area contributed by atoms with E-state index in [4.69, 9.17) is 4.74 Å². The highest BCUT2D eigenvalue weighted by atomic mass is 32.1. The highest BCUT2D eigenvalue weighted by molar-refractivity contribution is 7.15. The van der Waals surface area contributed by atoms with Crippen molar-refractivity contribution in [3.05, 3.63) is 53.3 Å². The summed E-state index contributed by atoms with van der Waals surface area (Å²) >= 11 is 1.54. The van der Waals surface area contributed by atoms with Crippen molar-refractivity contribution in [2.45, 2.75) is 25.9 Å². The lowest BCUT2D eigenvalue weighted by Crippen LogP contribution is -2.32. The van der Waals surface area contributed by atoms with Crippen molar-refractivity contribution in [1.29, 1.82) is 0 Å². The summed E-state index contributed by atoms with van der Waals surface area (Å²) in [6, 6.07) is 6.90. The minimum atomic E-state index is -0.399. The van der Waals surface area contributed by atoms with E-state index in [9.17, 15) is 9.59 Å². The molecular formula is C18H20N4O3S. The monoisotopic (exact) mass is 372 g/mol. The zero-order chi connectivity index (χ0) is 18.5. The summed E-state index contributed by atoms with van der Waals surface area (Å²) in [6.07, 6.45) is 3.96. The molecule has 0 aliphatic heterocycles. The highest BCUT2D eigenvalue weighted by Crippen LogP contribution is 2.20. The molecule has 0 aliphatic carbocycles. The van der Waals surface area contributed by atoms with Gasteiger partial charge in [0.05, 0.1) is 31.8 Å². The van der Waals surface area contributed by atoms with Crippen LogP contribution < -0.4 is 15.4 Å². The Kier molecular flexibility index (Phi) is 5.52. The van der Waals surface area contributed by atoms with Crippen molar-refractivity contribution < 1.29 is 14.3 Å². The van der Waals surface area contributed by atoms with Gasteiger partial charge in [0.25, 0.3) is 0 Å². The van der Waals surface area contributed by atoms with Crippen LogP contribution in [0.5, 0.6) is 5.75 Å². The van der Waals surface area contributed by atoms with Crippen LogP contribution in [-0.2, 0) is 16.1 Å². The number of nitrogens with one attached hydrogen (secondary N) is 2. The summed E-state index contributed by atoms with van der Waals surface area (Å²) in [5.74, 6) is 0.378. The fraction of sp³-hybridized carbons (Fsp3) is 0.278. The quantitative estimate of drug-likeness (QED) is 0.666. The standard InChI is InChI=1S/C18H20N4O3S/c1-12(23)20-16(13-3-5-15(25-2)6-4-13)9-17(24)19-10-14-11-22-7-8-26-18(22)21-14/h3-8,11,16H,9-10H2,1-2H3,(H,19,24)(H,20,23). The Labute approximate surface area is 155 Å². The number of nitrogens with zero attached hydrogens (tertiary/aromatic N) is 2. The second-order valence-corrected chi connectivity index (χ2v) is 6.71. The number of benzene rings is 1. The molecule has 0 fully saturated rings. The summed E-state index contributed by atoms with van der Waals surface area (Å²) in [4.78, 5) is 29.2. The Morgan fingerprint density at radius 3 is 2.73 bits per heavy atom. The van der Waals surface area contributed by atoms with E-state index >= 15 is 0 Å². The second kappa shape index (κ2) is 8.01. The molecule has 3 aromatic rings. The van der Waals surface area contributed by atoms with Crippen LogP contribution in [0.25, 0.3) is 4.96 Å². The molecule has 2 N–H and O–H groups in total. The van der Waals surface area contributed by atoms with Crippen molar-refractivity contribution in [2.24, 2.45) is 0 Å². The number of rotatable bonds is 7. The molecule has 0 bridgehead atoms. The predicted molar refractivity (Wildman–Crippen MR) is 99.1 cm³/mol. The third-order valence-corrected chi connectivity index (χ3v) is 4.67. The van der Waals surface area contributed by atoms with Gasteiger partial charge in [0.1, 0.15) is 5.75 Å². The first-order chi connectivity index (χ1) is 12.5. The average Bonchev–Trinajstić information content (AvgIpc) is 3.20. The Balaban J connectivity index is 1.62. The van der Waals surface area contributed by atoms with Gasteiger partial charge in [-0.05, 0) is 17.7 Å². The normalized spacial score (nSPS) is 11.9. The van der Waals surface area contributed by atoms with Gasteiger partial charge in [-0.3, -0.25) is 14.0 Å². The minimum absolute atomic E-state index is 0.147. The molecule has 8 heteroatoms. The number of imidazole rings is 1. The molecule has 2 amide bonds. The molecule has 2 heterocycles. The van der Waals surface area contributed by atoms with Gasteiger partial charge in [0.15, 0.2) is 4.96 Å². The number of carbonyl (C=O) groups excluding carboxylic acids is 2. The first-order valence-corrected chi connectivity index (χ1v) is 9.02. The number of aromatic nitrogens is 2. The number of amides is 2. The van der Waals surface area contributed by atoms with Crippen molar-refractivity contribution in [3.63, 3.8) is 0 Å². The van der Waals surface area contributed by atoms with E-state index in [1.165, 1.54) is 6.92 Å². The second-order valence-electron chi connectivity index (χ2n) is 5.83. The molecule has 136 valence electrons. The Morgan fingerprint density at radius 2 is 2.08 bits per heavy atom. The van der Waals surface area contributed by atoms with Crippen LogP contribution in [0.15, 0.2) is 42.0 Å². The number of carbonyl (C=O) groups is 2. The predicted octanol–water partition coefficient (Wildman–Crippen LogP) is 2.29. The number of hydrogen-bond donors (Lipinski definition) is 2. The van der Waals surface area contributed by atoms with E-state index in [2.05, 4.69) is 15.6 Å². The van der Waals surface area contributed by atoms with Gasteiger partial charge in [-0.1, -0.05) is 12.1 Å². The van der Waals surface area contributed by atoms with Crippen molar-refractivity contribution in [2.75, 3.05) is 7.11 Å². The molecule has 0 saturated carbocycles. The van der Waals surface area contributed by atoms with Gasteiger partial charge in [-0.15, -0.1) is 11.3 Å². The van der Waals surface area contributed by atoms with Crippen molar-refractivity contribution in [1.82, 2.24) is 20.0 Å². The maximum atomic E-state index is 12.3. The lowest BCUT2D eigenvalue weighted by atomic mass is 10.0. The zero-order valence-corrected chi connectivity index (χ0v) is 15.4. The van der Waals surface area contributed by atoms with Crippen LogP contribution in [0.3, 0.4) is 0 Å². The summed E-state index contributed by atoms with van der Waals surface area (Å²) in [7, 11) is 1.59. The number of ether oxygens (including phenoxy) is 1. The Morgan fingerprint density at radius 1 is 1.31 bits per heavy atom. The fourth-order valence-corrected chi connectivity index (χ4v) is 3.36. The van der Waals surface area contributed by atoms with Gasteiger partial charge in [-0.25, -0.2) is 4.98 Å².